The Morgan fingerprint density at radius 2 is 2.24 bits per heavy atom. The summed E-state index contributed by atoms with van der Waals surface area (Å²) in [5, 5.41) is 0.960. The van der Waals surface area contributed by atoms with Crippen molar-refractivity contribution >= 4 is 23.2 Å². The van der Waals surface area contributed by atoms with Crippen molar-refractivity contribution in [2.24, 2.45) is 5.92 Å². The zero-order valence-electron chi connectivity index (χ0n) is 9.67. The van der Waals surface area contributed by atoms with E-state index in [4.69, 9.17) is 5.73 Å². The maximum absolute atomic E-state index is 5.79. The van der Waals surface area contributed by atoms with E-state index < -0.39 is 0 Å². The number of hydrogen-bond acceptors (Lipinski definition) is 4. The van der Waals surface area contributed by atoms with Crippen molar-refractivity contribution in [1.29, 1.82) is 0 Å². The molecule has 0 spiro atoms. The normalized spacial score (nSPS) is 16.9. The van der Waals surface area contributed by atoms with Crippen LogP contribution in [0, 0.1) is 5.92 Å². The first-order valence-corrected chi connectivity index (χ1v) is 7.03. The number of nitrogens with zero attached hydrogens (tertiary/aromatic N) is 3. The highest BCUT2D eigenvalue weighted by atomic mass is 32.2. The van der Waals surface area contributed by atoms with Crippen LogP contribution in [0.15, 0.2) is 23.6 Å². The number of fused-ring (bicyclic) bond motifs is 1. The van der Waals surface area contributed by atoms with Gasteiger partial charge in [-0.25, -0.2) is 9.97 Å². The Bertz CT molecular complexity index is 516. The molecule has 90 valence electrons. The highest BCUT2D eigenvalue weighted by molar-refractivity contribution is 7.99. The molecule has 1 fully saturated rings. The van der Waals surface area contributed by atoms with Crippen molar-refractivity contribution < 1.29 is 0 Å². The van der Waals surface area contributed by atoms with Crippen LogP contribution in [0.2, 0.25) is 0 Å². The molecule has 0 aromatic carbocycles. The van der Waals surface area contributed by atoms with Crippen LogP contribution in [-0.4, -0.2) is 20.1 Å². The molecular weight excluding hydrogens is 232 g/mol. The molecule has 0 unspecified atom stereocenters. The molecule has 0 saturated heterocycles. The second-order valence-corrected chi connectivity index (χ2v) is 5.60. The standard InChI is InChI=1S/C12H16N4S/c13-10-7-16-6-5-14-11(16)12(15-10)17-8-9-3-1-2-4-9/h5-7,9H,1-4,8,13H2. The lowest BCUT2D eigenvalue weighted by molar-refractivity contribution is 0.623. The first-order chi connectivity index (χ1) is 8.33. The summed E-state index contributed by atoms with van der Waals surface area (Å²) < 4.78 is 1.94. The average molecular weight is 248 g/mol. The maximum atomic E-state index is 5.79. The molecule has 2 N–H and O–H groups in total. The van der Waals surface area contributed by atoms with Crippen molar-refractivity contribution in [2.45, 2.75) is 30.7 Å². The Balaban J connectivity index is 1.81. The summed E-state index contributed by atoms with van der Waals surface area (Å²) >= 11 is 1.79. The van der Waals surface area contributed by atoms with Crippen molar-refractivity contribution in [1.82, 2.24) is 14.4 Å². The van der Waals surface area contributed by atoms with Gasteiger partial charge < -0.3 is 10.1 Å². The molecule has 2 heterocycles. The van der Waals surface area contributed by atoms with Crippen molar-refractivity contribution in [3.63, 3.8) is 0 Å². The van der Waals surface area contributed by atoms with Gasteiger partial charge in [-0.15, -0.1) is 11.8 Å². The number of nitrogen functional groups attached to an aromatic ring is 1. The molecule has 5 heteroatoms. The average Bonchev–Trinajstić information content (AvgIpc) is 2.95. The molecule has 1 saturated carbocycles. The van der Waals surface area contributed by atoms with Crippen LogP contribution in [0.1, 0.15) is 25.7 Å². The maximum Gasteiger partial charge on any atom is 0.169 e. The third-order valence-corrected chi connectivity index (χ3v) is 4.48. The minimum Gasteiger partial charge on any atom is -0.382 e. The van der Waals surface area contributed by atoms with Gasteiger partial charge in [0.2, 0.25) is 0 Å². The number of anilines is 1. The molecule has 3 rings (SSSR count). The molecule has 2 aromatic rings. The zero-order valence-corrected chi connectivity index (χ0v) is 10.5. The van der Waals surface area contributed by atoms with Crippen molar-refractivity contribution in [3.8, 4) is 0 Å². The second-order valence-electron chi connectivity index (χ2n) is 4.59. The fraction of sp³-hybridized carbons (Fsp3) is 0.500. The quantitative estimate of drug-likeness (QED) is 0.848. The Hall–Kier alpha value is -1.23. The first kappa shape index (κ1) is 10.9. The number of nitrogens with two attached hydrogens (primary N) is 1. The predicted molar refractivity (Wildman–Crippen MR) is 70.1 cm³/mol. The van der Waals surface area contributed by atoms with Crippen LogP contribution in [0.4, 0.5) is 5.82 Å². The highest BCUT2D eigenvalue weighted by Gasteiger charge is 2.16. The van der Waals surface area contributed by atoms with Crippen molar-refractivity contribution in [3.05, 3.63) is 18.6 Å². The van der Waals surface area contributed by atoms with E-state index in [-0.39, 0.29) is 0 Å². The molecule has 17 heavy (non-hydrogen) atoms. The largest absolute Gasteiger partial charge is 0.382 e. The summed E-state index contributed by atoms with van der Waals surface area (Å²) in [6.45, 7) is 0. The van der Waals surface area contributed by atoms with Crippen LogP contribution in [0.3, 0.4) is 0 Å². The molecule has 0 radical (unpaired) electrons. The highest BCUT2D eigenvalue weighted by Crippen LogP contribution is 2.31. The van der Waals surface area contributed by atoms with Crippen LogP contribution in [-0.2, 0) is 0 Å². The van der Waals surface area contributed by atoms with Gasteiger partial charge in [-0.3, -0.25) is 0 Å². The van der Waals surface area contributed by atoms with Gasteiger partial charge >= 0.3 is 0 Å². The van der Waals surface area contributed by atoms with E-state index in [2.05, 4.69) is 9.97 Å². The molecule has 1 aliphatic carbocycles. The molecule has 0 bridgehead atoms. The lowest BCUT2D eigenvalue weighted by atomic mass is 10.1. The van der Waals surface area contributed by atoms with E-state index >= 15 is 0 Å². The van der Waals surface area contributed by atoms with Gasteiger partial charge in [-0.05, 0) is 18.8 Å². The van der Waals surface area contributed by atoms with Gasteiger partial charge in [-0.2, -0.15) is 0 Å². The SMILES string of the molecule is Nc1cn2ccnc2c(SCC2CCCC2)n1. The summed E-state index contributed by atoms with van der Waals surface area (Å²) in [7, 11) is 0. The number of rotatable bonds is 3. The Kier molecular flexibility index (Phi) is 2.93. The first-order valence-electron chi connectivity index (χ1n) is 6.05. The lowest BCUT2D eigenvalue weighted by Gasteiger charge is -2.08. The molecule has 2 aromatic heterocycles. The zero-order chi connectivity index (χ0) is 11.7. The predicted octanol–water partition coefficient (Wildman–Crippen LogP) is 2.59. The van der Waals surface area contributed by atoms with Crippen LogP contribution >= 0.6 is 11.8 Å². The number of hydrogen-bond donors (Lipinski definition) is 1. The van der Waals surface area contributed by atoms with Gasteiger partial charge in [0.05, 0.1) is 6.20 Å². The summed E-state index contributed by atoms with van der Waals surface area (Å²) in [6.07, 6.45) is 11.0. The molecule has 0 aliphatic heterocycles. The van der Waals surface area contributed by atoms with E-state index in [1.54, 1.807) is 18.0 Å². The van der Waals surface area contributed by atoms with Gasteiger partial charge in [-0.1, -0.05) is 12.8 Å². The van der Waals surface area contributed by atoms with Gasteiger partial charge in [0.15, 0.2) is 5.65 Å². The minimum atomic E-state index is 0.560. The molecule has 0 amide bonds. The lowest BCUT2D eigenvalue weighted by Crippen LogP contribution is -2.01. The fourth-order valence-corrected chi connectivity index (χ4v) is 3.58. The fourth-order valence-electron chi connectivity index (χ4n) is 2.39. The van der Waals surface area contributed by atoms with E-state index in [0.29, 0.717) is 5.82 Å². The van der Waals surface area contributed by atoms with Crippen LogP contribution in [0.5, 0.6) is 0 Å². The number of imidazole rings is 1. The van der Waals surface area contributed by atoms with Crippen LogP contribution in [0.25, 0.3) is 5.65 Å². The number of aromatic nitrogens is 3. The molecule has 0 atom stereocenters. The summed E-state index contributed by atoms with van der Waals surface area (Å²) in [4.78, 5) is 8.72. The van der Waals surface area contributed by atoms with E-state index in [9.17, 15) is 0 Å². The van der Waals surface area contributed by atoms with Gasteiger partial charge in [0, 0.05) is 18.1 Å². The molecule has 1 aliphatic rings. The topological polar surface area (TPSA) is 56.2 Å². The molecular formula is C12H16N4S. The van der Waals surface area contributed by atoms with Gasteiger partial charge in [0.25, 0.3) is 0 Å². The van der Waals surface area contributed by atoms with Crippen molar-refractivity contribution in [2.75, 3.05) is 11.5 Å². The van der Waals surface area contributed by atoms with E-state index in [0.717, 1.165) is 22.3 Å². The molecule has 4 nitrogen and oxygen atoms in total. The van der Waals surface area contributed by atoms with E-state index in [1.165, 1.54) is 25.7 Å². The summed E-state index contributed by atoms with van der Waals surface area (Å²) in [6, 6.07) is 0. The third kappa shape index (κ3) is 2.24. The Labute approximate surface area is 105 Å². The second kappa shape index (κ2) is 4.56. The Morgan fingerprint density at radius 1 is 1.41 bits per heavy atom. The smallest absolute Gasteiger partial charge is 0.169 e. The van der Waals surface area contributed by atoms with Gasteiger partial charge in [0.1, 0.15) is 10.8 Å². The monoisotopic (exact) mass is 248 g/mol. The summed E-state index contributed by atoms with van der Waals surface area (Å²) in [5.41, 5.74) is 6.71. The number of thioether (sulfide) groups is 1. The van der Waals surface area contributed by atoms with Crippen LogP contribution < -0.4 is 5.73 Å². The summed E-state index contributed by atoms with van der Waals surface area (Å²) in [5.74, 6) is 2.54. The third-order valence-electron chi connectivity index (χ3n) is 3.29. The minimum absolute atomic E-state index is 0.560. The Morgan fingerprint density at radius 3 is 3.06 bits per heavy atom. The van der Waals surface area contributed by atoms with E-state index in [1.807, 2.05) is 16.8 Å².